The summed E-state index contributed by atoms with van der Waals surface area (Å²) in [5.41, 5.74) is 12.7. The van der Waals surface area contributed by atoms with Crippen LogP contribution in [-0.2, 0) is 7.05 Å². The van der Waals surface area contributed by atoms with E-state index < -0.39 is 0 Å². The highest BCUT2D eigenvalue weighted by atomic mass is 35.5. The van der Waals surface area contributed by atoms with Crippen molar-refractivity contribution in [1.29, 1.82) is 0 Å². The molecule has 0 saturated carbocycles. The standard InChI is InChI=1S/C36H41ClN4/c1-25-10-16-31(17-11-25)39-18-20-40(21-19-39)32-9-7-8-29(22-32)34-33(27(3)41-23-36(4,5)24-41)26(2)38(6)35(34)28-12-14-30(37)15-13-28/h7-17,22H,3,18-21,23-24H2,1-2,4-6H3. The maximum absolute atomic E-state index is 6.30. The number of benzene rings is 3. The minimum atomic E-state index is 0.325. The lowest BCUT2D eigenvalue weighted by molar-refractivity contribution is 0.0888. The van der Waals surface area contributed by atoms with Crippen molar-refractivity contribution in [2.45, 2.75) is 27.7 Å². The zero-order valence-electron chi connectivity index (χ0n) is 25.0. The lowest BCUT2D eigenvalue weighted by atomic mass is 9.83. The Bertz CT molecular complexity index is 1560. The molecule has 4 nitrogen and oxygen atoms in total. The molecule has 3 heterocycles. The van der Waals surface area contributed by atoms with Crippen molar-refractivity contribution >= 4 is 28.7 Å². The van der Waals surface area contributed by atoms with Crippen molar-refractivity contribution in [2.75, 3.05) is 49.1 Å². The number of piperazine rings is 1. The number of rotatable bonds is 6. The fourth-order valence-corrected chi connectivity index (χ4v) is 6.68. The van der Waals surface area contributed by atoms with Gasteiger partial charge in [0.15, 0.2) is 0 Å². The minimum absolute atomic E-state index is 0.325. The van der Waals surface area contributed by atoms with Gasteiger partial charge in [0, 0.05) is 85.2 Å². The van der Waals surface area contributed by atoms with Gasteiger partial charge in [-0.1, -0.05) is 74.0 Å². The molecule has 2 aliphatic rings. The van der Waals surface area contributed by atoms with E-state index in [4.69, 9.17) is 11.6 Å². The zero-order valence-corrected chi connectivity index (χ0v) is 25.8. The first-order valence-electron chi connectivity index (χ1n) is 14.7. The Labute approximate surface area is 250 Å². The van der Waals surface area contributed by atoms with Crippen molar-refractivity contribution in [3.05, 3.63) is 101 Å². The third-order valence-corrected chi connectivity index (χ3v) is 9.14. The second-order valence-electron chi connectivity index (χ2n) is 12.6. The van der Waals surface area contributed by atoms with E-state index in [-0.39, 0.29) is 0 Å². The van der Waals surface area contributed by atoms with Crippen molar-refractivity contribution in [3.8, 4) is 22.4 Å². The van der Waals surface area contributed by atoms with Gasteiger partial charge in [-0.25, -0.2) is 0 Å². The molecule has 0 radical (unpaired) electrons. The van der Waals surface area contributed by atoms with Gasteiger partial charge in [0.25, 0.3) is 0 Å². The van der Waals surface area contributed by atoms with Gasteiger partial charge in [-0.15, -0.1) is 0 Å². The van der Waals surface area contributed by atoms with E-state index in [0.29, 0.717) is 5.41 Å². The topological polar surface area (TPSA) is 14.7 Å². The average Bonchev–Trinajstić information content (AvgIpc) is 3.22. The van der Waals surface area contributed by atoms with E-state index in [2.05, 4.69) is 121 Å². The van der Waals surface area contributed by atoms with Crippen molar-refractivity contribution in [2.24, 2.45) is 12.5 Å². The Kier molecular flexibility index (Phi) is 7.15. The number of anilines is 2. The summed E-state index contributed by atoms with van der Waals surface area (Å²) >= 11 is 6.30. The summed E-state index contributed by atoms with van der Waals surface area (Å²) < 4.78 is 2.33. The molecule has 6 rings (SSSR count). The van der Waals surface area contributed by atoms with Crippen molar-refractivity contribution in [3.63, 3.8) is 0 Å². The van der Waals surface area contributed by atoms with Gasteiger partial charge in [0.2, 0.25) is 0 Å². The van der Waals surface area contributed by atoms with Gasteiger partial charge >= 0.3 is 0 Å². The third-order valence-electron chi connectivity index (χ3n) is 8.89. The molecule has 1 aromatic heterocycles. The highest BCUT2D eigenvalue weighted by Crippen LogP contribution is 2.45. The first-order chi connectivity index (χ1) is 19.6. The molecule has 0 aliphatic carbocycles. The van der Waals surface area contributed by atoms with Crippen LogP contribution in [0.5, 0.6) is 0 Å². The monoisotopic (exact) mass is 564 g/mol. The predicted molar refractivity (Wildman–Crippen MR) is 176 cm³/mol. The van der Waals surface area contributed by atoms with Gasteiger partial charge in [-0.3, -0.25) is 0 Å². The van der Waals surface area contributed by atoms with Gasteiger partial charge in [-0.05, 0) is 66.8 Å². The number of likely N-dealkylation sites (tertiary alicyclic amines) is 1. The van der Waals surface area contributed by atoms with Gasteiger partial charge in [-0.2, -0.15) is 0 Å². The van der Waals surface area contributed by atoms with Crippen molar-refractivity contribution in [1.82, 2.24) is 9.47 Å². The van der Waals surface area contributed by atoms with Crippen LogP contribution in [0.25, 0.3) is 28.1 Å². The number of hydrogen-bond donors (Lipinski definition) is 0. The molecule has 0 bridgehead atoms. The molecule has 2 saturated heterocycles. The van der Waals surface area contributed by atoms with Crippen LogP contribution in [0, 0.1) is 19.3 Å². The van der Waals surface area contributed by atoms with E-state index >= 15 is 0 Å². The second kappa shape index (κ2) is 10.6. The van der Waals surface area contributed by atoms with Gasteiger partial charge in [0.05, 0.1) is 5.69 Å². The largest absolute Gasteiger partial charge is 0.370 e. The molecule has 0 atom stereocenters. The number of aryl methyl sites for hydroxylation is 1. The lowest BCUT2D eigenvalue weighted by Gasteiger charge is -2.48. The highest BCUT2D eigenvalue weighted by molar-refractivity contribution is 6.30. The molecule has 2 aliphatic heterocycles. The first kappa shape index (κ1) is 27.5. The van der Waals surface area contributed by atoms with Crippen LogP contribution in [0.1, 0.15) is 30.7 Å². The number of halogens is 1. The quantitative estimate of drug-likeness (QED) is 0.234. The first-order valence-corrected chi connectivity index (χ1v) is 15.1. The highest BCUT2D eigenvalue weighted by Gasteiger charge is 2.37. The number of hydrogen-bond acceptors (Lipinski definition) is 3. The van der Waals surface area contributed by atoms with Crippen molar-refractivity contribution < 1.29 is 0 Å². The van der Waals surface area contributed by atoms with Crippen LogP contribution in [0.2, 0.25) is 5.02 Å². The molecular formula is C36H41ClN4. The maximum atomic E-state index is 6.30. The Hall–Kier alpha value is -3.63. The summed E-state index contributed by atoms with van der Waals surface area (Å²) in [6, 6.07) is 26.3. The Morgan fingerprint density at radius 2 is 1.39 bits per heavy atom. The Morgan fingerprint density at radius 1 is 0.780 bits per heavy atom. The van der Waals surface area contributed by atoms with E-state index in [1.54, 1.807) is 0 Å². The molecule has 0 amide bonds. The second-order valence-corrected chi connectivity index (χ2v) is 13.0. The number of nitrogens with zero attached hydrogens (tertiary/aromatic N) is 4. The summed E-state index contributed by atoms with van der Waals surface area (Å²) in [7, 11) is 2.17. The summed E-state index contributed by atoms with van der Waals surface area (Å²) in [6.45, 7) is 19.8. The molecule has 0 unspecified atom stereocenters. The molecule has 212 valence electrons. The van der Waals surface area contributed by atoms with Gasteiger partial charge in [0.1, 0.15) is 0 Å². The summed E-state index contributed by atoms with van der Waals surface area (Å²) in [6.07, 6.45) is 0. The molecule has 0 N–H and O–H groups in total. The smallest absolute Gasteiger partial charge is 0.0566 e. The summed E-state index contributed by atoms with van der Waals surface area (Å²) in [4.78, 5) is 7.46. The van der Waals surface area contributed by atoms with Crippen LogP contribution in [0.3, 0.4) is 0 Å². The molecule has 41 heavy (non-hydrogen) atoms. The Morgan fingerprint density at radius 3 is 2.00 bits per heavy atom. The summed E-state index contributed by atoms with van der Waals surface area (Å²) in [5, 5.41) is 0.750. The maximum Gasteiger partial charge on any atom is 0.0566 e. The van der Waals surface area contributed by atoms with Crippen LogP contribution >= 0.6 is 11.6 Å². The average molecular weight is 565 g/mol. The predicted octanol–water partition coefficient (Wildman–Crippen LogP) is 8.27. The fraction of sp³-hybridized carbons (Fsp3) is 0.333. The normalized spacial score (nSPS) is 16.6. The number of aromatic nitrogens is 1. The van der Waals surface area contributed by atoms with E-state index in [9.17, 15) is 0 Å². The van der Waals surface area contributed by atoms with E-state index in [1.807, 2.05) is 12.1 Å². The van der Waals surface area contributed by atoms with Gasteiger partial charge < -0.3 is 19.3 Å². The molecule has 5 heteroatoms. The summed E-state index contributed by atoms with van der Waals surface area (Å²) in [5.74, 6) is 0. The molecule has 2 fully saturated rings. The van der Waals surface area contributed by atoms with E-state index in [0.717, 1.165) is 55.6 Å². The lowest BCUT2D eigenvalue weighted by Crippen LogP contribution is -2.51. The molecular weight excluding hydrogens is 524 g/mol. The van der Waals surface area contributed by atoms with E-state index in [1.165, 1.54) is 45.0 Å². The van der Waals surface area contributed by atoms with Crippen LogP contribution in [0.15, 0.2) is 79.4 Å². The third kappa shape index (κ3) is 5.26. The minimum Gasteiger partial charge on any atom is -0.370 e. The fourth-order valence-electron chi connectivity index (χ4n) is 6.55. The van der Waals surface area contributed by atoms with Crippen LogP contribution in [0.4, 0.5) is 11.4 Å². The van der Waals surface area contributed by atoms with Crippen LogP contribution < -0.4 is 9.80 Å². The van der Waals surface area contributed by atoms with Crippen LogP contribution in [-0.4, -0.2) is 48.7 Å². The molecule has 4 aromatic rings. The SMILES string of the molecule is C=C(c1c(-c2cccc(N3CCN(c4ccc(C)cc4)CC3)c2)c(-c2ccc(Cl)cc2)n(C)c1C)N1CC(C)(C)C1. The Balaban J connectivity index is 1.36. The molecule has 3 aromatic carbocycles. The molecule has 0 spiro atoms. The zero-order chi connectivity index (χ0) is 28.9.